The van der Waals surface area contributed by atoms with Crippen molar-refractivity contribution in [2.75, 3.05) is 11.4 Å². The molecule has 4 nitrogen and oxygen atoms in total. The van der Waals surface area contributed by atoms with Gasteiger partial charge in [-0.3, -0.25) is 9.69 Å². The normalized spacial score (nSPS) is 19.6. The second-order valence-electron chi connectivity index (χ2n) is 4.13. The first-order valence-corrected chi connectivity index (χ1v) is 5.41. The molecule has 1 aliphatic heterocycles. The number of hydrogen-bond donors (Lipinski definition) is 0. The lowest BCUT2D eigenvalue weighted by Crippen LogP contribution is -2.42. The van der Waals surface area contributed by atoms with Crippen LogP contribution in [0.3, 0.4) is 0 Å². The van der Waals surface area contributed by atoms with E-state index in [2.05, 4.69) is 11.7 Å². The Morgan fingerprint density at radius 1 is 1.61 bits per heavy atom. The van der Waals surface area contributed by atoms with Crippen molar-refractivity contribution in [1.29, 1.82) is 0 Å². The second kappa shape index (κ2) is 4.15. The summed E-state index contributed by atoms with van der Waals surface area (Å²) in [6.45, 7) is 4.95. The van der Waals surface area contributed by atoms with E-state index in [4.69, 9.17) is 0 Å². The van der Waals surface area contributed by atoms with Crippen LogP contribution in [0, 0.1) is 6.92 Å². The summed E-state index contributed by atoms with van der Waals surface area (Å²) in [6.07, 6.45) is -3.48. The van der Waals surface area contributed by atoms with Crippen molar-refractivity contribution in [2.24, 2.45) is 0 Å². The maximum atomic E-state index is 12.9. The largest absolute Gasteiger partial charge is 0.410 e. The Morgan fingerprint density at radius 3 is 2.83 bits per heavy atom. The molecule has 0 saturated carbocycles. The quantitative estimate of drug-likeness (QED) is 0.725. The van der Waals surface area contributed by atoms with Crippen molar-refractivity contribution in [2.45, 2.75) is 25.6 Å². The second-order valence-corrected chi connectivity index (χ2v) is 4.13. The molecule has 0 saturated heterocycles. The Hall–Kier alpha value is -1.79. The lowest BCUT2D eigenvalue weighted by molar-refractivity contribution is -0.172. The van der Waals surface area contributed by atoms with Gasteiger partial charge in [0, 0.05) is 12.6 Å². The highest BCUT2D eigenvalue weighted by Crippen LogP contribution is 2.39. The third kappa shape index (κ3) is 2.00. The molecule has 0 N–H and O–H groups in total. The molecule has 1 aromatic rings. The zero-order valence-corrected chi connectivity index (χ0v) is 9.74. The van der Waals surface area contributed by atoms with Gasteiger partial charge in [0.25, 0.3) is 5.91 Å². The summed E-state index contributed by atoms with van der Waals surface area (Å²) in [4.78, 5) is 12.8. The molecule has 0 fully saturated rings. The number of alkyl halides is 3. The number of fused-ring (bicyclic) bond motifs is 1. The zero-order chi connectivity index (χ0) is 13.5. The molecule has 1 unspecified atom stereocenters. The van der Waals surface area contributed by atoms with E-state index >= 15 is 0 Å². The summed E-state index contributed by atoms with van der Waals surface area (Å²) >= 11 is 0. The van der Waals surface area contributed by atoms with E-state index in [9.17, 15) is 18.0 Å². The molecule has 98 valence electrons. The van der Waals surface area contributed by atoms with Gasteiger partial charge in [-0.2, -0.15) is 18.3 Å². The number of anilines is 1. The third-order valence-corrected chi connectivity index (χ3v) is 2.85. The molecule has 0 radical (unpaired) electrons. The van der Waals surface area contributed by atoms with E-state index in [1.807, 2.05) is 0 Å². The average Bonchev–Trinajstić information content (AvgIpc) is 2.66. The number of carbonyl (C=O) groups is 1. The van der Waals surface area contributed by atoms with E-state index < -0.39 is 18.1 Å². The first-order chi connectivity index (χ1) is 8.34. The van der Waals surface area contributed by atoms with Crippen LogP contribution >= 0.6 is 0 Å². The van der Waals surface area contributed by atoms with Gasteiger partial charge in [0.15, 0.2) is 6.04 Å². The number of amides is 1. The predicted octanol–water partition coefficient (Wildman–Crippen LogP) is 2.22. The van der Waals surface area contributed by atoms with E-state index in [0.717, 1.165) is 10.8 Å². The van der Waals surface area contributed by atoms with E-state index in [-0.39, 0.29) is 18.8 Å². The minimum absolute atomic E-state index is 0.0141. The fourth-order valence-electron chi connectivity index (χ4n) is 2.06. The lowest BCUT2D eigenvalue weighted by atomic mass is 10.1. The molecule has 7 heteroatoms. The number of halogens is 3. The Morgan fingerprint density at radius 2 is 2.28 bits per heavy atom. The van der Waals surface area contributed by atoms with Gasteiger partial charge in [-0.05, 0) is 19.4 Å². The maximum absolute atomic E-state index is 12.9. The standard InChI is InChI=1S/C11H12F3N3O/c1-3-10(18)16-5-4-8(11(12,13)14)17-9(16)6-7(2)15-17/h3,6,8H,1,4-5H2,2H3. The number of aryl methyl sites for hydroxylation is 1. The van der Waals surface area contributed by atoms with Crippen LogP contribution < -0.4 is 4.90 Å². The van der Waals surface area contributed by atoms with Crippen LogP contribution in [0.2, 0.25) is 0 Å². The van der Waals surface area contributed by atoms with E-state index in [0.29, 0.717) is 5.69 Å². The number of hydrogen-bond acceptors (Lipinski definition) is 2. The molecule has 0 spiro atoms. The summed E-state index contributed by atoms with van der Waals surface area (Å²) in [5, 5.41) is 3.83. The third-order valence-electron chi connectivity index (χ3n) is 2.85. The highest BCUT2D eigenvalue weighted by Gasteiger charge is 2.45. The number of rotatable bonds is 1. The molecule has 1 amide bonds. The fourth-order valence-corrected chi connectivity index (χ4v) is 2.06. The van der Waals surface area contributed by atoms with Gasteiger partial charge in [0.05, 0.1) is 5.69 Å². The van der Waals surface area contributed by atoms with Crippen LogP contribution in [-0.2, 0) is 4.79 Å². The van der Waals surface area contributed by atoms with Crippen molar-refractivity contribution in [3.8, 4) is 0 Å². The minimum atomic E-state index is -4.36. The van der Waals surface area contributed by atoms with Gasteiger partial charge < -0.3 is 0 Å². The van der Waals surface area contributed by atoms with Crippen LogP contribution in [0.1, 0.15) is 18.2 Å². The Labute approximate surface area is 102 Å². The molecular formula is C11H12F3N3O. The van der Waals surface area contributed by atoms with Crippen LogP contribution in [0.15, 0.2) is 18.7 Å². The number of nitrogens with zero attached hydrogens (tertiary/aromatic N) is 3. The molecule has 2 rings (SSSR count). The monoisotopic (exact) mass is 259 g/mol. The molecule has 18 heavy (non-hydrogen) atoms. The molecule has 0 aliphatic carbocycles. The molecule has 0 bridgehead atoms. The smallest absolute Gasteiger partial charge is 0.293 e. The first-order valence-electron chi connectivity index (χ1n) is 5.41. The molecule has 1 aliphatic rings. The van der Waals surface area contributed by atoms with Crippen molar-refractivity contribution in [3.05, 3.63) is 24.4 Å². The van der Waals surface area contributed by atoms with Crippen LogP contribution in [0.5, 0.6) is 0 Å². The van der Waals surface area contributed by atoms with Crippen LogP contribution in [0.4, 0.5) is 19.0 Å². The molecule has 1 aromatic heterocycles. The Bertz CT molecular complexity index is 492. The van der Waals surface area contributed by atoms with E-state index in [1.165, 1.54) is 11.0 Å². The summed E-state index contributed by atoms with van der Waals surface area (Å²) in [7, 11) is 0. The molecule has 0 aromatic carbocycles. The summed E-state index contributed by atoms with van der Waals surface area (Å²) in [6, 6.07) is -0.200. The summed E-state index contributed by atoms with van der Waals surface area (Å²) in [5.74, 6) is -0.247. The van der Waals surface area contributed by atoms with E-state index in [1.54, 1.807) is 6.92 Å². The topological polar surface area (TPSA) is 38.1 Å². The first kappa shape index (κ1) is 12.7. The summed E-state index contributed by atoms with van der Waals surface area (Å²) < 4.78 is 39.4. The highest BCUT2D eigenvalue weighted by atomic mass is 19.4. The molecular weight excluding hydrogens is 247 g/mol. The average molecular weight is 259 g/mol. The van der Waals surface area contributed by atoms with Gasteiger partial charge in [0.1, 0.15) is 5.82 Å². The van der Waals surface area contributed by atoms with Crippen LogP contribution in [-0.4, -0.2) is 28.4 Å². The zero-order valence-electron chi connectivity index (χ0n) is 9.74. The summed E-state index contributed by atoms with van der Waals surface area (Å²) in [5.41, 5.74) is 0.447. The van der Waals surface area contributed by atoms with Gasteiger partial charge in [-0.15, -0.1) is 0 Å². The van der Waals surface area contributed by atoms with Crippen molar-refractivity contribution in [3.63, 3.8) is 0 Å². The Kier molecular flexibility index (Phi) is 2.92. The SMILES string of the molecule is C=CC(=O)N1CCC(C(F)(F)F)n2nc(C)cc21. The predicted molar refractivity (Wildman–Crippen MR) is 59.2 cm³/mol. The Balaban J connectivity index is 2.46. The lowest BCUT2D eigenvalue weighted by Gasteiger charge is -2.33. The number of carbonyl (C=O) groups excluding carboxylic acids is 1. The van der Waals surface area contributed by atoms with Gasteiger partial charge in [0.2, 0.25) is 0 Å². The van der Waals surface area contributed by atoms with Gasteiger partial charge in [-0.1, -0.05) is 6.58 Å². The number of aromatic nitrogens is 2. The van der Waals surface area contributed by atoms with Crippen LogP contribution in [0.25, 0.3) is 0 Å². The van der Waals surface area contributed by atoms with Gasteiger partial charge >= 0.3 is 6.18 Å². The van der Waals surface area contributed by atoms with Gasteiger partial charge in [-0.25, -0.2) is 4.68 Å². The maximum Gasteiger partial charge on any atom is 0.410 e. The van der Waals surface area contributed by atoms with Crippen molar-refractivity contribution < 1.29 is 18.0 Å². The van der Waals surface area contributed by atoms with Crippen molar-refractivity contribution >= 4 is 11.7 Å². The molecule has 1 atom stereocenters. The van der Waals surface area contributed by atoms with Crippen molar-refractivity contribution in [1.82, 2.24) is 9.78 Å². The highest BCUT2D eigenvalue weighted by molar-refractivity contribution is 6.00. The fraction of sp³-hybridized carbons (Fsp3) is 0.455. The minimum Gasteiger partial charge on any atom is -0.293 e. The molecule has 2 heterocycles.